The van der Waals surface area contributed by atoms with Crippen LogP contribution in [0.3, 0.4) is 0 Å². The number of carbonyl (C=O) groups is 1. The zero-order valence-corrected chi connectivity index (χ0v) is 15.6. The Kier molecular flexibility index (Phi) is 6.01. The van der Waals surface area contributed by atoms with Gasteiger partial charge in [0.1, 0.15) is 0 Å². The van der Waals surface area contributed by atoms with Crippen molar-refractivity contribution in [2.24, 2.45) is 11.0 Å². The van der Waals surface area contributed by atoms with Crippen molar-refractivity contribution in [2.45, 2.75) is 19.0 Å². The van der Waals surface area contributed by atoms with E-state index >= 15 is 0 Å². The fourth-order valence-electron chi connectivity index (χ4n) is 2.70. The molecular weight excluding hydrogens is 401 g/mol. The second-order valence-corrected chi connectivity index (χ2v) is 7.53. The first-order chi connectivity index (χ1) is 12.8. The van der Waals surface area contributed by atoms with Gasteiger partial charge >= 0.3 is 6.18 Å². The summed E-state index contributed by atoms with van der Waals surface area (Å²) in [5.41, 5.74) is 2.83. The van der Waals surface area contributed by atoms with E-state index in [2.05, 4.69) is 15.5 Å². The first-order valence-corrected chi connectivity index (χ1v) is 9.39. The molecule has 1 aliphatic rings. The summed E-state index contributed by atoms with van der Waals surface area (Å²) in [6, 6.07) is 6.39. The first-order valence-electron chi connectivity index (χ1n) is 8.19. The van der Waals surface area contributed by atoms with E-state index in [-0.39, 0.29) is 18.7 Å². The monoisotopic (exact) mass is 416 g/mol. The van der Waals surface area contributed by atoms with Gasteiger partial charge in [-0.2, -0.15) is 18.3 Å². The summed E-state index contributed by atoms with van der Waals surface area (Å²) in [5.74, 6) is -1.61. The molecule has 2 heterocycles. The van der Waals surface area contributed by atoms with Gasteiger partial charge < -0.3 is 4.90 Å². The van der Waals surface area contributed by atoms with Crippen molar-refractivity contribution in [3.05, 3.63) is 45.9 Å². The summed E-state index contributed by atoms with van der Waals surface area (Å²) in [4.78, 5) is 18.7. The molecule has 1 aliphatic heterocycles. The average Bonchev–Trinajstić information content (AvgIpc) is 3.10. The Balaban J connectivity index is 1.53. The molecule has 144 valence electrons. The van der Waals surface area contributed by atoms with Crippen LogP contribution in [-0.4, -0.2) is 36.4 Å². The van der Waals surface area contributed by atoms with Gasteiger partial charge in [-0.15, -0.1) is 0 Å². The molecule has 1 amide bonds. The standard InChI is InChI=1S/C17H16ClF3N4OS/c18-13-3-1-11(2-4-13)15(26)24-23-10-14-9-22-16(27-14)25-7-5-12(6-8-25)17(19,20)21/h1-4,9-10,12H,5-8H2,(H,24,26)/b23-10-. The van der Waals surface area contributed by atoms with Gasteiger partial charge in [-0.05, 0) is 37.1 Å². The maximum atomic E-state index is 12.7. The Morgan fingerprint density at radius 2 is 1.96 bits per heavy atom. The molecule has 1 saturated heterocycles. The fourth-order valence-corrected chi connectivity index (χ4v) is 3.67. The highest BCUT2D eigenvalue weighted by molar-refractivity contribution is 7.17. The van der Waals surface area contributed by atoms with Crippen LogP contribution in [0.1, 0.15) is 28.1 Å². The number of carbonyl (C=O) groups excluding carboxylic acids is 1. The second kappa shape index (κ2) is 8.26. The lowest BCUT2D eigenvalue weighted by molar-refractivity contribution is -0.179. The minimum absolute atomic E-state index is 0.0731. The SMILES string of the molecule is O=C(N/N=C\c1cnc(N2CCC(C(F)(F)F)CC2)s1)c1ccc(Cl)cc1. The number of halogens is 4. The number of benzene rings is 1. The number of alkyl halides is 3. The quantitative estimate of drug-likeness (QED) is 0.596. The van der Waals surface area contributed by atoms with Crippen LogP contribution in [0.25, 0.3) is 0 Å². The summed E-state index contributed by atoms with van der Waals surface area (Å²) in [6.45, 7) is 0.642. The van der Waals surface area contributed by atoms with E-state index in [0.717, 1.165) is 0 Å². The van der Waals surface area contributed by atoms with Crippen LogP contribution in [0.5, 0.6) is 0 Å². The van der Waals surface area contributed by atoms with Crippen molar-refractivity contribution < 1.29 is 18.0 Å². The number of hydrazone groups is 1. The summed E-state index contributed by atoms with van der Waals surface area (Å²) in [6.07, 6.45) is -0.951. The number of amides is 1. The predicted octanol–water partition coefficient (Wildman–Crippen LogP) is 4.34. The number of nitrogens with zero attached hydrogens (tertiary/aromatic N) is 3. The van der Waals surface area contributed by atoms with Gasteiger partial charge in [-0.25, -0.2) is 10.4 Å². The van der Waals surface area contributed by atoms with Gasteiger partial charge in [-0.3, -0.25) is 4.79 Å². The van der Waals surface area contributed by atoms with E-state index in [0.29, 0.717) is 33.7 Å². The Labute approximate surface area is 162 Å². The van der Waals surface area contributed by atoms with Crippen molar-refractivity contribution in [2.75, 3.05) is 18.0 Å². The van der Waals surface area contributed by atoms with Gasteiger partial charge in [0.2, 0.25) is 0 Å². The van der Waals surface area contributed by atoms with E-state index < -0.39 is 12.1 Å². The maximum Gasteiger partial charge on any atom is 0.391 e. The van der Waals surface area contributed by atoms with Gasteiger partial charge in [0.05, 0.1) is 17.0 Å². The fraction of sp³-hybridized carbons (Fsp3) is 0.353. The van der Waals surface area contributed by atoms with Crippen molar-refractivity contribution >= 4 is 40.2 Å². The highest BCUT2D eigenvalue weighted by Gasteiger charge is 2.41. The molecule has 1 fully saturated rings. The number of thiazole rings is 1. The lowest BCUT2D eigenvalue weighted by Gasteiger charge is -2.32. The highest BCUT2D eigenvalue weighted by Crippen LogP contribution is 2.36. The third-order valence-corrected chi connectivity index (χ3v) is 5.45. The van der Waals surface area contributed by atoms with E-state index in [1.54, 1.807) is 30.5 Å². The normalized spacial score (nSPS) is 16.1. The lowest BCUT2D eigenvalue weighted by Crippen LogP contribution is -2.38. The number of hydrogen-bond donors (Lipinski definition) is 1. The number of piperidine rings is 1. The van der Waals surface area contributed by atoms with Gasteiger partial charge in [0.15, 0.2) is 5.13 Å². The Hall–Kier alpha value is -2.13. The summed E-state index contributed by atoms with van der Waals surface area (Å²) < 4.78 is 38.2. The molecule has 2 aromatic rings. The first kappa shape index (κ1) is 19.6. The zero-order valence-electron chi connectivity index (χ0n) is 14.0. The van der Waals surface area contributed by atoms with Crippen molar-refractivity contribution in [1.82, 2.24) is 10.4 Å². The maximum absolute atomic E-state index is 12.7. The molecule has 1 aromatic heterocycles. The van der Waals surface area contributed by atoms with Crippen LogP contribution in [0.15, 0.2) is 35.6 Å². The average molecular weight is 417 g/mol. The molecule has 0 atom stereocenters. The van der Waals surface area contributed by atoms with Crippen molar-refractivity contribution in [3.8, 4) is 0 Å². The van der Waals surface area contributed by atoms with Gasteiger partial charge in [0, 0.05) is 29.9 Å². The van der Waals surface area contributed by atoms with E-state index in [9.17, 15) is 18.0 Å². The Morgan fingerprint density at radius 1 is 1.30 bits per heavy atom. The van der Waals surface area contributed by atoms with Crippen molar-refractivity contribution in [1.29, 1.82) is 0 Å². The van der Waals surface area contributed by atoms with E-state index in [4.69, 9.17) is 11.6 Å². The van der Waals surface area contributed by atoms with Crippen molar-refractivity contribution in [3.63, 3.8) is 0 Å². The number of anilines is 1. The molecule has 0 bridgehead atoms. The predicted molar refractivity (Wildman–Crippen MR) is 99.6 cm³/mol. The Bertz CT molecular complexity index is 814. The molecule has 3 rings (SSSR count). The third-order valence-electron chi connectivity index (χ3n) is 4.20. The van der Waals surface area contributed by atoms with Crippen LogP contribution < -0.4 is 10.3 Å². The molecule has 0 radical (unpaired) electrons. The minimum atomic E-state index is -4.13. The number of rotatable bonds is 4. The number of aromatic nitrogens is 1. The summed E-state index contributed by atoms with van der Waals surface area (Å²) >= 11 is 7.08. The van der Waals surface area contributed by atoms with Crippen LogP contribution in [-0.2, 0) is 0 Å². The molecule has 1 N–H and O–H groups in total. The van der Waals surface area contributed by atoms with Crippen LogP contribution in [0, 0.1) is 5.92 Å². The molecule has 5 nitrogen and oxygen atoms in total. The number of hydrogen-bond acceptors (Lipinski definition) is 5. The topological polar surface area (TPSA) is 57.6 Å². The molecular formula is C17H16ClF3N4OS. The van der Waals surface area contributed by atoms with Crippen LogP contribution in [0.2, 0.25) is 5.02 Å². The molecule has 1 aromatic carbocycles. The molecule has 27 heavy (non-hydrogen) atoms. The van der Waals surface area contributed by atoms with E-state index in [1.807, 2.05) is 4.90 Å². The van der Waals surface area contributed by atoms with Crippen LogP contribution in [0.4, 0.5) is 18.3 Å². The summed E-state index contributed by atoms with van der Waals surface area (Å²) in [7, 11) is 0. The molecule has 0 spiro atoms. The lowest BCUT2D eigenvalue weighted by atomic mass is 9.97. The van der Waals surface area contributed by atoms with Crippen LogP contribution >= 0.6 is 22.9 Å². The molecule has 10 heteroatoms. The van der Waals surface area contributed by atoms with Gasteiger partial charge in [-0.1, -0.05) is 22.9 Å². The minimum Gasteiger partial charge on any atom is -0.348 e. The molecule has 0 aliphatic carbocycles. The van der Waals surface area contributed by atoms with E-state index in [1.165, 1.54) is 17.6 Å². The highest BCUT2D eigenvalue weighted by atomic mass is 35.5. The Morgan fingerprint density at radius 3 is 2.59 bits per heavy atom. The summed E-state index contributed by atoms with van der Waals surface area (Å²) in [5, 5.41) is 5.08. The zero-order chi connectivity index (χ0) is 19.4. The largest absolute Gasteiger partial charge is 0.391 e. The molecule has 0 unspecified atom stereocenters. The van der Waals surface area contributed by atoms with Gasteiger partial charge in [0.25, 0.3) is 5.91 Å². The number of nitrogens with one attached hydrogen (secondary N) is 1. The second-order valence-electron chi connectivity index (χ2n) is 6.05. The molecule has 0 saturated carbocycles. The smallest absolute Gasteiger partial charge is 0.348 e. The third kappa shape index (κ3) is 5.20.